The van der Waals surface area contributed by atoms with Crippen molar-refractivity contribution in [2.24, 2.45) is 0 Å². The van der Waals surface area contributed by atoms with Gasteiger partial charge in [0.05, 0.1) is 5.09 Å². The minimum absolute atomic E-state index is 0. The monoisotopic (exact) mass is 109 g/mol. The van der Waals surface area contributed by atoms with Crippen molar-refractivity contribution in [1.29, 1.82) is 0 Å². The van der Waals surface area contributed by atoms with E-state index in [9.17, 15) is 0 Å². The Morgan fingerprint density at radius 2 is 1.33 bits per heavy atom. The zero-order valence-corrected chi connectivity index (χ0v) is 7.67. The van der Waals surface area contributed by atoms with Crippen LogP contribution in [0.2, 0.25) is 0 Å². The Labute approximate surface area is 80.1 Å². The quantitative estimate of drug-likeness (QED) is 0.176. The van der Waals surface area contributed by atoms with E-state index in [2.05, 4.69) is 0 Å². The van der Waals surface area contributed by atoms with Crippen molar-refractivity contribution < 1.29 is 65.6 Å². The Kier molecular flexibility index (Phi) is 24.9. The van der Waals surface area contributed by atoms with Crippen LogP contribution < -0.4 is 59.1 Å². The van der Waals surface area contributed by atoms with Crippen molar-refractivity contribution in [2.75, 3.05) is 0 Å². The van der Waals surface area contributed by atoms with Crippen LogP contribution >= 0.6 is 0 Å². The molecule has 0 amide bonds. The van der Waals surface area contributed by atoms with Crippen LogP contribution in [-0.2, 0) is 0 Å². The van der Waals surface area contributed by atoms with Gasteiger partial charge in [0.25, 0.3) is 0 Å². The first-order chi connectivity index (χ1) is 1.73. The van der Waals surface area contributed by atoms with Crippen LogP contribution in [0.25, 0.3) is 0 Å². The summed E-state index contributed by atoms with van der Waals surface area (Å²) >= 11 is 0. The summed E-state index contributed by atoms with van der Waals surface area (Å²) in [7, 11) is 0. The van der Waals surface area contributed by atoms with Crippen LogP contribution in [0.3, 0.4) is 0 Å². The maximum absolute atomic E-state index is 8.25. The third-order valence-corrected chi connectivity index (χ3v) is 0. The van der Waals surface area contributed by atoms with Crippen LogP contribution in [0.15, 0.2) is 0 Å². The summed E-state index contributed by atoms with van der Waals surface area (Å²) in [5, 5.41) is 14.8. The fourth-order valence-corrected chi connectivity index (χ4v) is 0. The molecule has 0 bridgehead atoms. The molecule has 0 N–H and O–H groups in total. The molecule has 0 aliphatic carbocycles. The van der Waals surface area contributed by atoms with Gasteiger partial charge in [0.15, 0.2) is 0 Å². The normalized spacial score (nSPS) is 4.00. The van der Waals surface area contributed by atoms with Crippen LogP contribution in [0.4, 0.5) is 0 Å². The third-order valence-electron chi connectivity index (χ3n) is 0. The van der Waals surface area contributed by atoms with Gasteiger partial charge in [0, 0.05) is 0 Å². The first kappa shape index (κ1) is 15.7. The van der Waals surface area contributed by atoms with Crippen molar-refractivity contribution >= 4 is 0 Å². The molecular formula is HNNa2O3. The Morgan fingerprint density at radius 3 is 1.33 bits per heavy atom. The van der Waals surface area contributed by atoms with Gasteiger partial charge in [-0.3, -0.25) is 0 Å². The summed E-state index contributed by atoms with van der Waals surface area (Å²) in [4.78, 5) is 8.25. The van der Waals surface area contributed by atoms with Crippen LogP contribution in [-0.4, -0.2) is 5.09 Å². The average Bonchev–Trinajstić information content (AvgIpc) is 0.811. The molecule has 0 fully saturated rings. The average molecular weight is 109 g/mol. The fourth-order valence-electron chi connectivity index (χ4n) is 0. The second-order valence-electron chi connectivity index (χ2n) is 0.224. The molecule has 0 aromatic rings. The molecule has 0 radical (unpaired) electrons. The minimum atomic E-state index is -1.75. The smallest absolute Gasteiger partial charge is 1.00 e. The van der Waals surface area contributed by atoms with Gasteiger partial charge in [-0.05, 0) is 0 Å². The second-order valence-corrected chi connectivity index (χ2v) is 0.224. The van der Waals surface area contributed by atoms with E-state index in [1.807, 2.05) is 0 Å². The van der Waals surface area contributed by atoms with Crippen molar-refractivity contribution in [1.82, 2.24) is 0 Å². The van der Waals surface area contributed by atoms with Gasteiger partial charge in [-0.2, -0.15) is 0 Å². The van der Waals surface area contributed by atoms with Gasteiger partial charge >= 0.3 is 59.1 Å². The topological polar surface area (TPSA) is 66.2 Å². The number of rotatable bonds is 0. The molecule has 0 atom stereocenters. The molecule has 0 unspecified atom stereocenters. The molecule has 0 aliphatic rings. The van der Waals surface area contributed by atoms with Gasteiger partial charge in [-0.25, -0.2) is 0 Å². The van der Waals surface area contributed by atoms with Gasteiger partial charge in [-0.1, -0.05) is 0 Å². The van der Waals surface area contributed by atoms with Gasteiger partial charge in [0.2, 0.25) is 0 Å². The van der Waals surface area contributed by atoms with Gasteiger partial charge < -0.3 is 16.7 Å². The van der Waals surface area contributed by atoms with E-state index in [1.165, 1.54) is 0 Å². The van der Waals surface area contributed by atoms with Crippen molar-refractivity contribution in [2.45, 2.75) is 0 Å². The molecule has 0 aromatic heterocycles. The first-order valence-corrected chi connectivity index (χ1v) is 0.548. The van der Waals surface area contributed by atoms with Crippen LogP contribution in [0.1, 0.15) is 1.43 Å². The van der Waals surface area contributed by atoms with Gasteiger partial charge in [-0.15, -0.1) is 0 Å². The molecule has 0 saturated heterocycles. The van der Waals surface area contributed by atoms with E-state index in [-0.39, 0.29) is 60.5 Å². The van der Waals surface area contributed by atoms with E-state index in [0.29, 0.717) is 0 Å². The number of hydrogen-bond acceptors (Lipinski definition) is 3. The summed E-state index contributed by atoms with van der Waals surface area (Å²) in [5.41, 5.74) is 0. The second kappa shape index (κ2) is 9.50. The molecule has 26 valence electrons. The largest absolute Gasteiger partial charge is 1.00 e. The number of hydrogen-bond donors (Lipinski definition) is 0. The van der Waals surface area contributed by atoms with E-state index in [1.54, 1.807) is 0 Å². The maximum Gasteiger partial charge on any atom is 1.00 e. The van der Waals surface area contributed by atoms with Gasteiger partial charge in [0.1, 0.15) is 0 Å². The standard InChI is InChI=1S/NO3.2Na.H/c2-1(3)4;;;/q-1;2*+1;-1. The molecule has 0 spiro atoms. The Bertz CT molecular complexity index is 35.9. The molecule has 6 heavy (non-hydrogen) atoms. The summed E-state index contributed by atoms with van der Waals surface area (Å²) in [6, 6.07) is 0. The fraction of sp³-hybridized carbons (Fsp3) is 0. The predicted molar refractivity (Wildman–Crippen MR) is 11.5 cm³/mol. The van der Waals surface area contributed by atoms with Crippen molar-refractivity contribution in [3.8, 4) is 0 Å². The summed E-state index contributed by atoms with van der Waals surface area (Å²) in [6.07, 6.45) is 0. The molecule has 4 nitrogen and oxygen atoms in total. The zero-order valence-electron chi connectivity index (χ0n) is 4.67. The van der Waals surface area contributed by atoms with E-state index in [4.69, 9.17) is 15.3 Å². The van der Waals surface area contributed by atoms with Crippen LogP contribution in [0, 0.1) is 15.3 Å². The van der Waals surface area contributed by atoms with E-state index < -0.39 is 5.09 Å². The molecule has 0 heterocycles. The van der Waals surface area contributed by atoms with Crippen molar-refractivity contribution in [3.05, 3.63) is 15.3 Å². The molecular weight excluding hydrogens is 108 g/mol. The summed E-state index contributed by atoms with van der Waals surface area (Å²) in [6.45, 7) is 0. The third kappa shape index (κ3) is 63.7. The SMILES string of the molecule is O=[N+]([O-])[O-].[H-].[Na+].[Na+]. The zero-order chi connectivity index (χ0) is 3.58. The van der Waals surface area contributed by atoms with E-state index >= 15 is 0 Å². The Hall–Kier alpha value is 1.20. The number of nitrogens with zero attached hydrogens (tertiary/aromatic N) is 1. The molecule has 0 rings (SSSR count). The van der Waals surface area contributed by atoms with E-state index in [0.717, 1.165) is 0 Å². The molecule has 0 aliphatic heterocycles. The summed E-state index contributed by atoms with van der Waals surface area (Å²) < 4.78 is 0. The Morgan fingerprint density at radius 1 is 1.33 bits per heavy atom. The molecule has 6 heteroatoms. The Balaban J connectivity index is -0.0000000150. The predicted octanol–water partition coefficient (Wildman–Crippen LogP) is -6.12. The first-order valence-electron chi connectivity index (χ1n) is 0.548. The molecule has 0 saturated carbocycles. The van der Waals surface area contributed by atoms with Crippen LogP contribution in [0.5, 0.6) is 0 Å². The summed E-state index contributed by atoms with van der Waals surface area (Å²) in [5.74, 6) is 0. The maximum atomic E-state index is 8.25. The van der Waals surface area contributed by atoms with Crippen molar-refractivity contribution in [3.63, 3.8) is 0 Å². The molecule has 0 aromatic carbocycles. The minimum Gasteiger partial charge on any atom is -1.00 e.